The lowest BCUT2D eigenvalue weighted by molar-refractivity contribution is 0.0763. The second-order valence-electron chi connectivity index (χ2n) is 4.06. The van der Waals surface area contributed by atoms with Crippen LogP contribution in [-0.2, 0) is 4.74 Å². The predicted molar refractivity (Wildman–Crippen MR) is 44.4 cm³/mol. The standard InChI is InChI=1S/C9H18O2/c1-8(2)5-9(6-10)3-4-11-7-9/h8,10H,3-7H2,1-2H3. The molecule has 1 atom stereocenters. The van der Waals surface area contributed by atoms with E-state index in [2.05, 4.69) is 13.8 Å². The van der Waals surface area contributed by atoms with Crippen molar-refractivity contribution in [2.75, 3.05) is 19.8 Å². The van der Waals surface area contributed by atoms with Crippen LogP contribution in [0, 0.1) is 11.3 Å². The number of hydrogen-bond donors (Lipinski definition) is 1. The van der Waals surface area contributed by atoms with Gasteiger partial charge in [-0.05, 0) is 18.8 Å². The summed E-state index contributed by atoms with van der Waals surface area (Å²) in [6.07, 6.45) is 2.12. The van der Waals surface area contributed by atoms with Crippen LogP contribution in [0.5, 0.6) is 0 Å². The lowest BCUT2D eigenvalue weighted by Gasteiger charge is -2.26. The molecule has 0 aromatic heterocycles. The van der Waals surface area contributed by atoms with Crippen molar-refractivity contribution in [2.45, 2.75) is 26.7 Å². The van der Waals surface area contributed by atoms with Gasteiger partial charge in [0.2, 0.25) is 0 Å². The maximum absolute atomic E-state index is 9.19. The van der Waals surface area contributed by atoms with E-state index < -0.39 is 0 Å². The fourth-order valence-corrected chi connectivity index (χ4v) is 1.87. The topological polar surface area (TPSA) is 29.5 Å². The zero-order chi connectivity index (χ0) is 8.32. The quantitative estimate of drug-likeness (QED) is 0.673. The minimum Gasteiger partial charge on any atom is -0.396 e. The third-order valence-corrected chi connectivity index (χ3v) is 2.36. The molecule has 0 amide bonds. The lowest BCUT2D eigenvalue weighted by Crippen LogP contribution is -2.27. The first-order chi connectivity index (χ1) is 5.18. The van der Waals surface area contributed by atoms with Crippen molar-refractivity contribution < 1.29 is 9.84 Å². The molecular formula is C9H18O2. The molecule has 0 saturated carbocycles. The van der Waals surface area contributed by atoms with Gasteiger partial charge in [-0.15, -0.1) is 0 Å². The van der Waals surface area contributed by atoms with E-state index in [0.717, 1.165) is 26.1 Å². The summed E-state index contributed by atoms with van der Waals surface area (Å²) in [6.45, 7) is 6.24. The smallest absolute Gasteiger partial charge is 0.0545 e. The van der Waals surface area contributed by atoms with Crippen LogP contribution in [0.3, 0.4) is 0 Å². The van der Waals surface area contributed by atoms with Gasteiger partial charge in [0.15, 0.2) is 0 Å². The van der Waals surface area contributed by atoms with E-state index in [4.69, 9.17) is 4.74 Å². The number of aliphatic hydroxyl groups is 1. The summed E-state index contributed by atoms with van der Waals surface area (Å²) >= 11 is 0. The van der Waals surface area contributed by atoms with Crippen LogP contribution in [0.2, 0.25) is 0 Å². The average Bonchev–Trinajstić information content (AvgIpc) is 2.36. The SMILES string of the molecule is CC(C)CC1(CO)CCOC1. The number of hydrogen-bond acceptors (Lipinski definition) is 2. The van der Waals surface area contributed by atoms with E-state index in [1.165, 1.54) is 0 Å². The first-order valence-corrected chi connectivity index (χ1v) is 4.37. The third-order valence-electron chi connectivity index (χ3n) is 2.36. The summed E-state index contributed by atoms with van der Waals surface area (Å²) < 4.78 is 5.29. The van der Waals surface area contributed by atoms with Crippen LogP contribution in [0.4, 0.5) is 0 Å². The van der Waals surface area contributed by atoms with Gasteiger partial charge in [-0.3, -0.25) is 0 Å². The van der Waals surface area contributed by atoms with Crippen LogP contribution in [0.15, 0.2) is 0 Å². The minimum atomic E-state index is 0.0914. The van der Waals surface area contributed by atoms with E-state index in [-0.39, 0.29) is 12.0 Å². The van der Waals surface area contributed by atoms with Crippen LogP contribution in [-0.4, -0.2) is 24.9 Å². The molecule has 0 aromatic carbocycles. The van der Waals surface area contributed by atoms with Gasteiger partial charge in [0.25, 0.3) is 0 Å². The number of ether oxygens (including phenoxy) is 1. The molecule has 0 radical (unpaired) electrons. The Morgan fingerprint density at radius 1 is 1.55 bits per heavy atom. The summed E-state index contributed by atoms with van der Waals surface area (Å²) in [5.74, 6) is 0.656. The summed E-state index contributed by atoms with van der Waals surface area (Å²) in [4.78, 5) is 0. The first kappa shape index (κ1) is 9.01. The fraction of sp³-hybridized carbons (Fsp3) is 1.00. The molecule has 1 saturated heterocycles. The Morgan fingerprint density at radius 2 is 2.27 bits per heavy atom. The van der Waals surface area contributed by atoms with Gasteiger partial charge in [0.1, 0.15) is 0 Å². The monoisotopic (exact) mass is 158 g/mol. The van der Waals surface area contributed by atoms with Gasteiger partial charge in [-0.2, -0.15) is 0 Å². The van der Waals surface area contributed by atoms with Gasteiger partial charge in [0.05, 0.1) is 13.2 Å². The Hall–Kier alpha value is -0.0800. The van der Waals surface area contributed by atoms with Crippen molar-refractivity contribution in [3.63, 3.8) is 0 Å². The summed E-state index contributed by atoms with van der Waals surface area (Å²) in [6, 6.07) is 0. The van der Waals surface area contributed by atoms with E-state index in [0.29, 0.717) is 5.92 Å². The highest BCUT2D eigenvalue weighted by atomic mass is 16.5. The van der Waals surface area contributed by atoms with Crippen LogP contribution in [0.25, 0.3) is 0 Å². The molecule has 0 aliphatic carbocycles. The molecule has 1 aliphatic rings. The molecule has 1 aliphatic heterocycles. The lowest BCUT2D eigenvalue weighted by atomic mass is 9.80. The van der Waals surface area contributed by atoms with Crippen molar-refractivity contribution in [1.82, 2.24) is 0 Å². The zero-order valence-electron chi connectivity index (χ0n) is 7.47. The van der Waals surface area contributed by atoms with E-state index in [9.17, 15) is 5.11 Å². The largest absolute Gasteiger partial charge is 0.396 e. The maximum Gasteiger partial charge on any atom is 0.0545 e. The van der Waals surface area contributed by atoms with Gasteiger partial charge in [-0.1, -0.05) is 13.8 Å². The van der Waals surface area contributed by atoms with Crippen LogP contribution < -0.4 is 0 Å². The molecule has 1 rings (SSSR count). The highest BCUT2D eigenvalue weighted by Crippen LogP contribution is 2.34. The molecule has 0 bridgehead atoms. The molecule has 1 N–H and O–H groups in total. The zero-order valence-corrected chi connectivity index (χ0v) is 7.47. The molecular weight excluding hydrogens is 140 g/mol. The van der Waals surface area contributed by atoms with E-state index in [1.54, 1.807) is 0 Å². The normalized spacial score (nSPS) is 31.6. The Kier molecular flexibility index (Phi) is 2.90. The van der Waals surface area contributed by atoms with Gasteiger partial charge >= 0.3 is 0 Å². The van der Waals surface area contributed by atoms with E-state index in [1.807, 2.05) is 0 Å². The van der Waals surface area contributed by atoms with Crippen molar-refractivity contribution in [3.8, 4) is 0 Å². The Bertz CT molecular complexity index is 115. The molecule has 0 spiro atoms. The van der Waals surface area contributed by atoms with Crippen molar-refractivity contribution in [1.29, 1.82) is 0 Å². The molecule has 2 nitrogen and oxygen atoms in total. The van der Waals surface area contributed by atoms with Gasteiger partial charge < -0.3 is 9.84 Å². The fourth-order valence-electron chi connectivity index (χ4n) is 1.87. The number of rotatable bonds is 3. The molecule has 66 valence electrons. The Balaban J connectivity index is 2.45. The average molecular weight is 158 g/mol. The van der Waals surface area contributed by atoms with Crippen molar-refractivity contribution >= 4 is 0 Å². The second kappa shape index (κ2) is 3.55. The maximum atomic E-state index is 9.19. The molecule has 0 aromatic rings. The summed E-state index contributed by atoms with van der Waals surface area (Å²) in [5, 5.41) is 9.19. The second-order valence-corrected chi connectivity index (χ2v) is 4.06. The van der Waals surface area contributed by atoms with Crippen LogP contribution >= 0.6 is 0 Å². The van der Waals surface area contributed by atoms with Crippen molar-refractivity contribution in [3.05, 3.63) is 0 Å². The van der Waals surface area contributed by atoms with Crippen molar-refractivity contribution in [2.24, 2.45) is 11.3 Å². The predicted octanol–water partition coefficient (Wildman–Crippen LogP) is 1.43. The third kappa shape index (κ3) is 2.17. The first-order valence-electron chi connectivity index (χ1n) is 4.37. The highest BCUT2D eigenvalue weighted by Gasteiger charge is 2.34. The molecule has 1 heterocycles. The number of aliphatic hydroxyl groups excluding tert-OH is 1. The summed E-state index contributed by atoms with van der Waals surface area (Å²) in [7, 11) is 0. The van der Waals surface area contributed by atoms with Gasteiger partial charge in [0, 0.05) is 12.0 Å². The minimum absolute atomic E-state index is 0.0914. The van der Waals surface area contributed by atoms with Crippen LogP contribution in [0.1, 0.15) is 26.7 Å². The highest BCUT2D eigenvalue weighted by molar-refractivity contribution is 4.83. The molecule has 1 fully saturated rings. The molecule has 1 unspecified atom stereocenters. The summed E-state index contributed by atoms with van der Waals surface area (Å²) in [5.41, 5.74) is 0.0914. The van der Waals surface area contributed by atoms with Gasteiger partial charge in [-0.25, -0.2) is 0 Å². The Morgan fingerprint density at radius 3 is 2.64 bits per heavy atom. The molecule has 2 heteroatoms. The van der Waals surface area contributed by atoms with E-state index >= 15 is 0 Å². The molecule has 11 heavy (non-hydrogen) atoms. The Labute approximate surface area is 68.6 Å².